The summed E-state index contributed by atoms with van der Waals surface area (Å²) < 4.78 is 46.1. The van der Waals surface area contributed by atoms with Crippen LogP contribution in [0.4, 0.5) is 0 Å². The van der Waals surface area contributed by atoms with E-state index in [1.54, 1.807) is 0 Å². The van der Waals surface area contributed by atoms with Crippen LogP contribution in [0.25, 0.3) is 0 Å². The molecule has 1 rings (SSSR count). The number of hydrogen-bond acceptors (Lipinski definition) is 3. The van der Waals surface area contributed by atoms with Gasteiger partial charge < -0.3 is 18.6 Å². The summed E-state index contributed by atoms with van der Waals surface area (Å²) in [5.74, 6) is 0.906. The maximum absolute atomic E-state index is 12.9. The van der Waals surface area contributed by atoms with Gasteiger partial charge in [0.2, 0.25) is 0 Å². The van der Waals surface area contributed by atoms with Gasteiger partial charge in [-0.25, -0.2) is 4.21 Å². The van der Waals surface area contributed by atoms with Gasteiger partial charge in [-0.1, -0.05) is 40.0 Å². The minimum absolute atomic E-state index is 0.125. The highest BCUT2D eigenvalue weighted by Gasteiger charge is 2.33. The van der Waals surface area contributed by atoms with E-state index in [1.165, 1.54) is 0 Å². The zero-order valence-electron chi connectivity index (χ0n) is 18.6. The molecule has 0 radical (unpaired) electrons. The van der Waals surface area contributed by atoms with E-state index in [0.717, 1.165) is 54.5 Å². The number of rotatable bonds is 13. The van der Waals surface area contributed by atoms with Crippen LogP contribution in [0.15, 0.2) is 0 Å². The van der Waals surface area contributed by atoms with Crippen LogP contribution < -0.4 is 9.47 Å². The lowest BCUT2D eigenvalue weighted by Crippen LogP contribution is -2.37. The first-order chi connectivity index (χ1) is 13.1. The minimum atomic E-state index is -4.77. The highest BCUT2D eigenvalue weighted by atomic mass is 32.3. The number of ether oxygens (including phenoxy) is 2. The molecule has 0 aliphatic heterocycles. The Morgan fingerprint density at radius 2 is 1.21 bits per heavy atom. The highest BCUT2D eigenvalue weighted by Crippen LogP contribution is 2.41. The van der Waals surface area contributed by atoms with Crippen LogP contribution in [-0.2, 0) is 15.4 Å². The van der Waals surface area contributed by atoms with Crippen LogP contribution in [0, 0.1) is 20.8 Å². The average Bonchev–Trinajstić information content (AvgIpc) is 2.63. The van der Waals surface area contributed by atoms with Gasteiger partial charge in [0, 0.05) is 11.3 Å². The van der Waals surface area contributed by atoms with E-state index in [1.807, 2.05) is 27.7 Å². The van der Waals surface area contributed by atoms with E-state index in [9.17, 15) is 13.3 Å². The van der Waals surface area contributed by atoms with E-state index in [2.05, 4.69) is 13.8 Å². The first-order valence-electron chi connectivity index (χ1n) is 10.6. The van der Waals surface area contributed by atoms with Crippen molar-refractivity contribution in [3.8, 4) is 11.5 Å². The van der Waals surface area contributed by atoms with Crippen molar-refractivity contribution in [1.82, 2.24) is 0 Å². The Balaban J connectivity index is 3.43. The summed E-state index contributed by atoms with van der Waals surface area (Å²) in [6.07, 6.45) is 5.11. The van der Waals surface area contributed by atoms with Crippen LogP contribution in [-0.4, -0.2) is 32.3 Å². The van der Waals surface area contributed by atoms with Crippen molar-refractivity contribution < 1.29 is 22.8 Å². The smallest absolute Gasteiger partial charge is 0.127 e. The molecule has 0 heterocycles. The van der Waals surface area contributed by atoms with Gasteiger partial charge in [-0.15, -0.1) is 0 Å². The molecule has 0 saturated carbocycles. The predicted molar refractivity (Wildman–Crippen MR) is 118 cm³/mol. The highest BCUT2D eigenvalue weighted by molar-refractivity contribution is 8.09. The van der Waals surface area contributed by atoms with E-state index in [4.69, 9.17) is 9.47 Å². The van der Waals surface area contributed by atoms with Gasteiger partial charge in [0.05, 0.1) is 28.6 Å². The van der Waals surface area contributed by atoms with Gasteiger partial charge >= 0.3 is 0 Å². The molecular weight excluding hydrogens is 376 g/mol. The fourth-order valence-electron chi connectivity index (χ4n) is 3.18. The van der Waals surface area contributed by atoms with Gasteiger partial charge in [-0.3, -0.25) is 0 Å². The SMILES string of the molecule is CCCCOc1c(C)c(C)c(OCCCC)c(CS(=O)(O)(O)CCCC)c1C. The lowest BCUT2D eigenvalue weighted by molar-refractivity contribution is 0.293. The molecule has 1 aromatic rings. The van der Waals surface area contributed by atoms with Gasteiger partial charge in [0.25, 0.3) is 0 Å². The van der Waals surface area contributed by atoms with E-state index < -0.39 is 9.63 Å². The maximum atomic E-state index is 12.9. The summed E-state index contributed by atoms with van der Waals surface area (Å²) in [6, 6.07) is 0. The second-order valence-electron chi connectivity index (χ2n) is 7.80. The lowest BCUT2D eigenvalue weighted by atomic mass is 9.98. The molecule has 0 atom stereocenters. The molecule has 0 aromatic heterocycles. The second-order valence-corrected chi connectivity index (χ2v) is 10.9. The van der Waals surface area contributed by atoms with Crippen molar-refractivity contribution >= 4 is 9.63 Å². The fraction of sp³-hybridized carbons (Fsp3) is 0.727. The first kappa shape index (κ1) is 24.9. The Morgan fingerprint density at radius 3 is 1.71 bits per heavy atom. The zero-order chi connectivity index (χ0) is 21.4. The minimum Gasteiger partial charge on any atom is -0.493 e. The molecular formula is C22H40O5S. The molecule has 5 nitrogen and oxygen atoms in total. The summed E-state index contributed by atoms with van der Waals surface area (Å²) >= 11 is 0. The van der Waals surface area contributed by atoms with Crippen molar-refractivity contribution in [3.63, 3.8) is 0 Å². The molecule has 2 N–H and O–H groups in total. The lowest BCUT2D eigenvalue weighted by Gasteiger charge is -2.33. The molecule has 28 heavy (non-hydrogen) atoms. The normalized spacial score (nSPS) is 13.2. The molecule has 0 aliphatic carbocycles. The molecule has 0 amide bonds. The predicted octanol–water partition coefficient (Wildman–Crippen LogP) is 6.04. The Hall–Kier alpha value is -1.11. The van der Waals surface area contributed by atoms with E-state index in [0.29, 0.717) is 30.9 Å². The van der Waals surface area contributed by atoms with Crippen LogP contribution in [0.1, 0.15) is 81.5 Å². The number of hydrogen-bond donors (Lipinski definition) is 2. The number of benzene rings is 1. The van der Waals surface area contributed by atoms with Crippen LogP contribution >= 0.6 is 0 Å². The summed E-state index contributed by atoms with van der Waals surface area (Å²) in [6.45, 7) is 13.1. The van der Waals surface area contributed by atoms with Gasteiger partial charge in [-0.05, 0) is 56.7 Å². The summed E-state index contributed by atoms with van der Waals surface area (Å²) in [7, 11) is -4.77. The van der Waals surface area contributed by atoms with Gasteiger partial charge in [0.15, 0.2) is 0 Å². The molecule has 0 fully saturated rings. The fourth-order valence-corrected chi connectivity index (χ4v) is 5.12. The largest absolute Gasteiger partial charge is 0.493 e. The Morgan fingerprint density at radius 1 is 0.750 bits per heavy atom. The number of unbranched alkanes of at least 4 members (excludes halogenated alkanes) is 3. The maximum Gasteiger partial charge on any atom is 0.127 e. The zero-order valence-corrected chi connectivity index (χ0v) is 19.4. The molecule has 6 heteroatoms. The quantitative estimate of drug-likeness (QED) is 0.384. The third-order valence-electron chi connectivity index (χ3n) is 5.14. The molecule has 1 aromatic carbocycles. The molecule has 164 valence electrons. The third-order valence-corrected chi connectivity index (χ3v) is 7.12. The standard InChI is InChI=1S/C22H40O5S/c1-7-10-13-26-21-17(4)18(5)22(27-14-11-8-2)20(19(21)6)16-28(23,24,25)15-12-9-3/h7-16H2,1-6H3,(H2,23,24,25). The van der Waals surface area contributed by atoms with Crippen molar-refractivity contribution in [3.05, 3.63) is 22.3 Å². The van der Waals surface area contributed by atoms with Crippen molar-refractivity contribution in [1.29, 1.82) is 0 Å². The average molecular weight is 417 g/mol. The Labute approximate surface area is 171 Å². The monoisotopic (exact) mass is 416 g/mol. The first-order valence-corrected chi connectivity index (χ1v) is 12.8. The van der Waals surface area contributed by atoms with Crippen LogP contribution in [0.5, 0.6) is 11.5 Å². The molecule has 0 saturated heterocycles. The van der Waals surface area contributed by atoms with Crippen molar-refractivity contribution in [2.24, 2.45) is 0 Å². The van der Waals surface area contributed by atoms with E-state index in [-0.39, 0.29) is 11.5 Å². The van der Waals surface area contributed by atoms with E-state index >= 15 is 0 Å². The molecule has 0 bridgehead atoms. The topological polar surface area (TPSA) is 76.0 Å². The summed E-state index contributed by atoms with van der Waals surface area (Å²) in [5, 5.41) is 0. The van der Waals surface area contributed by atoms with Gasteiger partial charge in [0.1, 0.15) is 11.5 Å². The van der Waals surface area contributed by atoms with Crippen molar-refractivity contribution in [2.45, 2.75) is 85.8 Å². The van der Waals surface area contributed by atoms with Crippen LogP contribution in [0.3, 0.4) is 0 Å². The summed E-state index contributed by atoms with van der Waals surface area (Å²) in [5.41, 5.74) is 3.26. The van der Waals surface area contributed by atoms with Gasteiger partial charge in [-0.2, -0.15) is 0 Å². The third kappa shape index (κ3) is 7.05. The second kappa shape index (κ2) is 10.6. The molecule has 0 aliphatic rings. The molecule has 0 unspecified atom stereocenters. The van der Waals surface area contributed by atoms with Crippen LogP contribution in [0.2, 0.25) is 0 Å². The summed E-state index contributed by atoms with van der Waals surface area (Å²) in [4.78, 5) is 0. The van der Waals surface area contributed by atoms with Crippen molar-refractivity contribution in [2.75, 3.05) is 19.0 Å². The molecule has 0 spiro atoms. The Bertz CT molecular complexity index is 706. The Kier molecular flexibility index (Phi) is 9.44.